The van der Waals surface area contributed by atoms with Gasteiger partial charge in [0.05, 0.1) is 19.3 Å². The van der Waals surface area contributed by atoms with Gasteiger partial charge < -0.3 is 14.6 Å². The first kappa shape index (κ1) is 13.8. The standard InChI is InChI=1S/C12H17N5OS/c1-13-7-11-15-16-12(17(11)2)19-8-9-6-10(18-3)4-5-14-9/h4-6,13H,7-8H2,1-3H3. The van der Waals surface area contributed by atoms with Crippen LogP contribution in [-0.4, -0.2) is 33.9 Å². The predicted molar refractivity (Wildman–Crippen MR) is 74.1 cm³/mol. The Morgan fingerprint density at radius 2 is 2.26 bits per heavy atom. The van der Waals surface area contributed by atoms with E-state index in [0.29, 0.717) is 6.54 Å². The van der Waals surface area contributed by atoms with E-state index in [4.69, 9.17) is 4.74 Å². The largest absolute Gasteiger partial charge is 0.497 e. The van der Waals surface area contributed by atoms with Gasteiger partial charge in [-0.3, -0.25) is 4.98 Å². The monoisotopic (exact) mass is 279 g/mol. The van der Waals surface area contributed by atoms with E-state index in [0.717, 1.165) is 28.2 Å². The minimum absolute atomic E-state index is 0.710. The zero-order valence-corrected chi connectivity index (χ0v) is 12.1. The van der Waals surface area contributed by atoms with Gasteiger partial charge in [-0.2, -0.15) is 0 Å². The second kappa shape index (κ2) is 6.53. The van der Waals surface area contributed by atoms with Gasteiger partial charge in [-0.25, -0.2) is 0 Å². The van der Waals surface area contributed by atoms with Crippen molar-refractivity contribution >= 4 is 11.8 Å². The summed E-state index contributed by atoms with van der Waals surface area (Å²) >= 11 is 1.61. The van der Waals surface area contributed by atoms with E-state index in [1.807, 2.05) is 30.8 Å². The molecule has 0 atom stereocenters. The average Bonchev–Trinajstić information content (AvgIpc) is 2.78. The summed E-state index contributed by atoms with van der Waals surface area (Å²) in [6, 6.07) is 3.76. The highest BCUT2D eigenvalue weighted by atomic mass is 32.2. The molecule has 7 heteroatoms. The van der Waals surface area contributed by atoms with Crippen molar-refractivity contribution < 1.29 is 4.74 Å². The fourth-order valence-corrected chi connectivity index (χ4v) is 2.42. The van der Waals surface area contributed by atoms with Crippen molar-refractivity contribution in [2.45, 2.75) is 17.5 Å². The van der Waals surface area contributed by atoms with Crippen molar-refractivity contribution in [2.75, 3.05) is 14.2 Å². The van der Waals surface area contributed by atoms with Gasteiger partial charge >= 0.3 is 0 Å². The van der Waals surface area contributed by atoms with Gasteiger partial charge in [0.1, 0.15) is 11.6 Å². The van der Waals surface area contributed by atoms with Crippen LogP contribution in [0.2, 0.25) is 0 Å². The molecule has 2 rings (SSSR count). The quantitative estimate of drug-likeness (QED) is 0.802. The molecule has 19 heavy (non-hydrogen) atoms. The summed E-state index contributed by atoms with van der Waals surface area (Å²) in [5.41, 5.74) is 0.961. The maximum atomic E-state index is 5.18. The summed E-state index contributed by atoms with van der Waals surface area (Å²) in [7, 11) is 5.51. The van der Waals surface area contributed by atoms with Crippen molar-refractivity contribution in [3.63, 3.8) is 0 Å². The first-order valence-electron chi connectivity index (χ1n) is 5.89. The number of hydrogen-bond donors (Lipinski definition) is 1. The van der Waals surface area contributed by atoms with Gasteiger partial charge in [0.2, 0.25) is 0 Å². The summed E-state index contributed by atoms with van der Waals surface area (Å²) in [6.45, 7) is 0.710. The van der Waals surface area contributed by atoms with Crippen molar-refractivity contribution in [2.24, 2.45) is 7.05 Å². The number of methoxy groups -OCH3 is 1. The zero-order valence-electron chi connectivity index (χ0n) is 11.3. The Balaban J connectivity index is 2.01. The van der Waals surface area contributed by atoms with Crippen LogP contribution in [-0.2, 0) is 19.3 Å². The van der Waals surface area contributed by atoms with E-state index in [-0.39, 0.29) is 0 Å². The molecule has 0 fully saturated rings. The second-order valence-corrected chi connectivity index (χ2v) is 4.91. The molecule has 0 aliphatic rings. The highest BCUT2D eigenvalue weighted by molar-refractivity contribution is 7.98. The zero-order chi connectivity index (χ0) is 13.7. The molecule has 0 spiro atoms. The Bertz CT molecular complexity index is 543. The maximum Gasteiger partial charge on any atom is 0.191 e. The van der Waals surface area contributed by atoms with E-state index >= 15 is 0 Å². The fraction of sp³-hybridized carbons (Fsp3) is 0.417. The number of nitrogens with one attached hydrogen (secondary N) is 1. The number of nitrogens with zero attached hydrogens (tertiary/aromatic N) is 4. The summed E-state index contributed by atoms with van der Waals surface area (Å²) in [5, 5.41) is 12.3. The van der Waals surface area contributed by atoms with Crippen molar-refractivity contribution in [3.05, 3.63) is 29.8 Å². The second-order valence-electron chi connectivity index (χ2n) is 3.96. The fourth-order valence-electron chi connectivity index (χ4n) is 1.58. The van der Waals surface area contributed by atoms with Crippen LogP contribution in [0.1, 0.15) is 11.5 Å². The number of rotatable bonds is 6. The first-order chi connectivity index (χ1) is 9.24. The Labute approximate surface area is 116 Å². The van der Waals surface area contributed by atoms with Gasteiger partial charge in [-0.1, -0.05) is 11.8 Å². The summed E-state index contributed by atoms with van der Waals surface area (Å²) in [4.78, 5) is 4.30. The third-order valence-electron chi connectivity index (χ3n) is 2.63. The van der Waals surface area contributed by atoms with Crippen molar-refractivity contribution in [1.82, 2.24) is 25.1 Å². The maximum absolute atomic E-state index is 5.18. The molecule has 6 nitrogen and oxygen atoms in total. The van der Waals surface area contributed by atoms with Gasteiger partial charge in [0.15, 0.2) is 5.16 Å². The molecule has 0 aliphatic carbocycles. The molecule has 0 saturated heterocycles. The number of thioether (sulfide) groups is 1. The Kier molecular flexibility index (Phi) is 4.75. The van der Waals surface area contributed by atoms with Crippen LogP contribution in [0.5, 0.6) is 5.75 Å². The van der Waals surface area contributed by atoms with Gasteiger partial charge in [0, 0.05) is 25.1 Å². The smallest absolute Gasteiger partial charge is 0.191 e. The van der Waals surface area contributed by atoms with Gasteiger partial charge in [0.25, 0.3) is 0 Å². The van der Waals surface area contributed by atoms with E-state index < -0.39 is 0 Å². The normalized spacial score (nSPS) is 10.7. The van der Waals surface area contributed by atoms with E-state index in [1.54, 1.807) is 25.1 Å². The van der Waals surface area contributed by atoms with E-state index in [1.165, 1.54) is 0 Å². The third-order valence-corrected chi connectivity index (χ3v) is 3.69. The van der Waals surface area contributed by atoms with Crippen LogP contribution in [0.3, 0.4) is 0 Å². The molecular formula is C12H17N5OS. The molecule has 0 aromatic carbocycles. The molecule has 2 aromatic rings. The van der Waals surface area contributed by atoms with Crippen LogP contribution in [0.4, 0.5) is 0 Å². The molecule has 0 aliphatic heterocycles. The molecule has 0 radical (unpaired) electrons. The molecule has 2 heterocycles. The van der Waals surface area contributed by atoms with Crippen LogP contribution in [0.15, 0.2) is 23.5 Å². The number of aromatic nitrogens is 4. The molecular weight excluding hydrogens is 262 g/mol. The summed E-state index contributed by atoms with van der Waals surface area (Å²) in [5.74, 6) is 2.48. The van der Waals surface area contributed by atoms with Crippen LogP contribution >= 0.6 is 11.8 Å². The number of ether oxygens (including phenoxy) is 1. The lowest BCUT2D eigenvalue weighted by molar-refractivity contribution is 0.413. The Morgan fingerprint density at radius 1 is 1.42 bits per heavy atom. The molecule has 0 amide bonds. The van der Waals surface area contributed by atoms with Gasteiger partial charge in [-0.15, -0.1) is 10.2 Å². The van der Waals surface area contributed by atoms with Crippen LogP contribution in [0, 0.1) is 0 Å². The van der Waals surface area contributed by atoms with Crippen molar-refractivity contribution in [1.29, 1.82) is 0 Å². The highest BCUT2D eigenvalue weighted by Crippen LogP contribution is 2.21. The minimum Gasteiger partial charge on any atom is -0.497 e. The molecule has 0 saturated carbocycles. The summed E-state index contributed by atoms with van der Waals surface area (Å²) in [6.07, 6.45) is 1.75. The average molecular weight is 279 g/mol. The minimum atomic E-state index is 0.710. The van der Waals surface area contributed by atoms with Gasteiger partial charge in [-0.05, 0) is 13.1 Å². The lowest BCUT2D eigenvalue weighted by atomic mass is 10.3. The topological polar surface area (TPSA) is 64.9 Å². The number of hydrogen-bond acceptors (Lipinski definition) is 6. The lowest BCUT2D eigenvalue weighted by Gasteiger charge is -2.04. The third kappa shape index (κ3) is 3.45. The SMILES string of the molecule is CNCc1nnc(SCc2cc(OC)ccn2)n1C. The van der Waals surface area contributed by atoms with Crippen LogP contribution in [0.25, 0.3) is 0 Å². The van der Waals surface area contributed by atoms with Crippen LogP contribution < -0.4 is 10.1 Å². The van der Waals surface area contributed by atoms with Crippen molar-refractivity contribution in [3.8, 4) is 5.75 Å². The first-order valence-corrected chi connectivity index (χ1v) is 6.87. The lowest BCUT2D eigenvalue weighted by Crippen LogP contribution is -2.10. The molecule has 0 unspecified atom stereocenters. The molecule has 0 bridgehead atoms. The van der Waals surface area contributed by atoms with E-state index in [9.17, 15) is 0 Å². The summed E-state index contributed by atoms with van der Waals surface area (Å²) < 4.78 is 7.16. The highest BCUT2D eigenvalue weighted by Gasteiger charge is 2.09. The Hall–Kier alpha value is -1.60. The molecule has 2 aromatic heterocycles. The molecule has 1 N–H and O–H groups in total. The molecule has 102 valence electrons. The van der Waals surface area contributed by atoms with E-state index in [2.05, 4.69) is 20.5 Å². The number of pyridine rings is 1. The predicted octanol–water partition coefficient (Wildman–Crippen LogP) is 1.23. The Morgan fingerprint density at radius 3 is 3.00 bits per heavy atom.